The van der Waals surface area contributed by atoms with Crippen LogP contribution in [0.3, 0.4) is 0 Å². The molecular formula is C16H14FNO3. The lowest BCUT2D eigenvalue weighted by atomic mass is 10.1. The third kappa shape index (κ3) is 3.66. The molecule has 1 amide bonds. The van der Waals surface area contributed by atoms with Crippen molar-refractivity contribution in [3.05, 3.63) is 65.0 Å². The van der Waals surface area contributed by atoms with Crippen molar-refractivity contribution < 1.29 is 19.1 Å². The molecule has 0 unspecified atom stereocenters. The van der Waals surface area contributed by atoms with Gasteiger partial charge in [0, 0.05) is 5.69 Å². The number of benzene rings is 2. The molecule has 0 aliphatic heterocycles. The Morgan fingerprint density at radius 3 is 2.62 bits per heavy atom. The molecular weight excluding hydrogens is 273 g/mol. The molecule has 2 rings (SSSR count). The Bertz CT molecular complexity index is 698. The summed E-state index contributed by atoms with van der Waals surface area (Å²) >= 11 is 0. The molecule has 0 bridgehead atoms. The van der Waals surface area contributed by atoms with E-state index in [0.717, 1.165) is 5.56 Å². The number of anilines is 1. The van der Waals surface area contributed by atoms with Crippen LogP contribution in [0.25, 0.3) is 0 Å². The molecule has 0 fully saturated rings. The minimum Gasteiger partial charge on any atom is -0.481 e. The van der Waals surface area contributed by atoms with E-state index in [9.17, 15) is 14.0 Å². The quantitative estimate of drug-likeness (QED) is 0.908. The molecule has 2 aromatic rings. The summed E-state index contributed by atoms with van der Waals surface area (Å²) < 4.78 is 13.7. The number of halogens is 1. The van der Waals surface area contributed by atoms with Gasteiger partial charge in [0.15, 0.2) is 0 Å². The normalized spacial score (nSPS) is 10.2. The van der Waals surface area contributed by atoms with E-state index in [0.29, 0.717) is 11.3 Å². The highest BCUT2D eigenvalue weighted by Crippen LogP contribution is 2.18. The number of aryl methyl sites for hydroxylation is 1. The molecule has 0 radical (unpaired) electrons. The lowest BCUT2D eigenvalue weighted by Gasteiger charge is -2.10. The molecule has 0 atom stereocenters. The first kappa shape index (κ1) is 14.7. The maximum atomic E-state index is 13.7. The molecule has 0 aliphatic rings. The molecule has 2 aromatic carbocycles. The van der Waals surface area contributed by atoms with Crippen molar-refractivity contribution >= 4 is 17.6 Å². The third-order valence-electron chi connectivity index (χ3n) is 2.97. The Hall–Kier alpha value is -2.69. The number of carboxylic acid groups (broad SMARTS) is 1. The SMILES string of the molecule is Cc1ccc(F)c(C(=O)Nc2ccccc2CC(=O)O)c1. The standard InChI is InChI=1S/C16H14FNO3/c1-10-6-7-13(17)12(8-10)16(21)18-14-5-3-2-4-11(14)9-15(19)20/h2-8H,9H2,1H3,(H,18,21)(H,19,20). The highest BCUT2D eigenvalue weighted by atomic mass is 19.1. The fraction of sp³-hybridized carbons (Fsp3) is 0.125. The molecule has 108 valence electrons. The van der Waals surface area contributed by atoms with Gasteiger partial charge in [-0.05, 0) is 30.7 Å². The van der Waals surface area contributed by atoms with Crippen LogP contribution in [0.5, 0.6) is 0 Å². The number of carboxylic acids is 1. The van der Waals surface area contributed by atoms with Gasteiger partial charge in [-0.15, -0.1) is 0 Å². The molecule has 0 aliphatic carbocycles. The van der Waals surface area contributed by atoms with E-state index < -0.39 is 17.7 Å². The number of amides is 1. The maximum absolute atomic E-state index is 13.7. The summed E-state index contributed by atoms with van der Waals surface area (Å²) in [4.78, 5) is 22.9. The molecule has 4 nitrogen and oxygen atoms in total. The van der Waals surface area contributed by atoms with Crippen LogP contribution in [0.4, 0.5) is 10.1 Å². The minimum atomic E-state index is -1.00. The van der Waals surface area contributed by atoms with Crippen LogP contribution in [0.2, 0.25) is 0 Å². The fourth-order valence-electron chi connectivity index (χ4n) is 1.96. The number of para-hydroxylation sites is 1. The second-order valence-corrected chi connectivity index (χ2v) is 4.67. The summed E-state index contributed by atoms with van der Waals surface area (Å²) in [5, 5.41) is 11.4. The molecule has 0 saturated carbocycles. The summed E-state index contributed by atoms with van der Waals surface area (Å²) in [7, 11) is 0. The van der Waals surface area contributed by atoms with E-state index in [1.54, 1.807) is 37.3 Å². The number of nitrogens with one attached hydrogen (secondary N) is 1. The van der Waals surface area contributed by atoms with Crippen molar-refractivity contribution in [1.29, 1.82) is 0 Å². The number of hydrogen-bond donors (Lipinski definition) is 2. The number of carbonyl (C=O) groups is 2. The van der Waals surface area contributed by atoms with E-state index in [-0.39, 0.29) is 12.0 Å². The van der Waals surface area contributed by atoms with Gasteiger partial charge in [0.1, 0.15) is 5.82 Å². The molecule has 0 heterocycles. The van der Waals surface area contributed by atoms with Crippen molar-refractivity contribution in [1.82, 2.24) is 0 Å². The van der Waals surface area contributed by atoms with E-state index in [4.69, 9.17) is 5.11 Å². The minimum absolute atomic E-state index is 0.0693. The highest BCUT2D eigenvalue weighted by Gasteiger charge is 2.14. The molecule has 0 spiro atoms. The zero-order valence-corrected chi connectivity index (χ0v) is 11.4. The van der Waals surface area contributed by atoms with Crippen molar-refractivity contribution in [3.8, 4) is 0 Å². The van der Waals surface area contributed by atoms with Crippen LogP contribution in [0, 0.1) is 12.7 Å². The zero-order chi connectivity index (χ0) is 15.4. The molecule has 21 heavy (non-hydrogen) atoms. The van der Waals surface area contributed by atoms with Gasteiger partial charge in [0.2, 0.25) is 0 Å². The van der Waals surface area contributed by atoms with Crippen molar-refractivity contribution in [2.24, 2.45) is 0 Å². The average Bonchev–Trinajstić information content (AvgIpc) is 2.43. The third-order valence-corrected chi connectivity index (χ3v) is 2.97. The first-order chi connectivity index (χ1) is 9.97. The molecule has 2 N–H and O–H groups in total. The Kier molecular flexibility index (Phi) is 4.33. The van der Waals surface area contributed by atoms with E-state index in [1.165, 1.54) is 12.1 Å². The number of carbonyl (C=O) groups excluding carboxylic acids is 1. The Morgan fingerprint density at radius 1 is 1.19 bits per heavy atom. The van der Waals surface area contributed by atoms with Gasteiger partial charge in [-0.1, -0.05) is 29.8 Å². The van der Waals surface area contributed by atoms with Crippen molar-refractivity contribution in [2.75, 3.05) is 5.32 Å². The Balaban J connectivity index is 2.27. The first-order valence-electron chi connectivity index (χ1n) is 6.34. The van der Waals surface area contributed by atoms with Gasteiger partial charge in [-0.25, -0.2) is 4.39 Å². The second kappa shape index (κ2) is 6.17. The second-order valence-electron chi connectivity index (χ2n) is 4.67. The predicted molar refractivity (Wildman–Crippen MR) is 76.9 cm³/mol. The average molecular weight is 287 g/mol. The lowest BCUT2D eigenvalue weighted by Crippen LogP contribution is -2.16. The van der Waals surface area contributed by atoms with Crippen LogP contribution in [0.15, 0.2) is 42.5 Å². The van der Waals surface area contributed by atoms with Crippen LogP contribution < -0.4 is 5.32 Å². The van der Waals surface area contributed by atoms with Gasteiger partial charge in [-0.2, -0.15) is 0 Å². The summed E-state index contributed by atoms with van der Waals surface area (Å²) in [6.45, 7) is 1.76. The summed E-state index contributed by atoms with van der Waals surface area (Å²) in [6, 6.07) is 10.8. The van der Waals surface area contributed by atoms with Gasteiger partial charge in [-0.3, -0.25) is 9.59 Å². The smallest absolute Gasteiger partial charge is 0.307 e. The topological polar surface area (TPSA) is 66.4 Å². The molecule has 5 heteroatoms. The van der Waals surface area contributed by atoms with Crippen molar-refractivity contribution in [2.45, 2.75) is 13.3 Å². The number of rotatable bonds is 4. The lowest BCUT2D eigenvalue weighted by molar-refractivity contribution is -0.136. The number of hydrogen-bond acceptors (Lipinski definition) is 2. The summed E-state index contributed by atoms with van der Waals surface area (Å²) in [5.74, 6) is -2.22. The highest BCUT2D eigenvalue weighted by molar-refractivity contribution is 6.05. The summed E-state index contributed by atoms with van der Waals surface area (Å²) in [5.41, 5.74) is 1.53. The Labute approximate surface area is 121 Å². The van der Waals surface area contributed by atoms with E-state index in [1.807, 2.05) is 0 Å². The van der Waals surface area contributed by atoms with E-state index >= 15 is 0 Å². The van der Waals surface area contributed by atoms with Crippen LogP contribution in [0.1, 0.15) is 21.5 Å². The monoisotopic (exact) mass is 287 g/mol. The van der Waals surface area contributed by atoms with Crippen LogP contribution in [-0.2, 0) is 11.2 Å². The van der Waals surface area contributed by atoms with Gasteiger partial charge in [0.05, 0.1) is 12.0 Å². The largest absolute Gasteiger partial charge is 0.481 e. The van der Waals surface area contributed by atoms with Crippen LogP contribution >= 0.6 is 0 Å². The van der Waals surface area contributed by atoms with Gasteiger partial charge in [0.25, 0.3) is 5.91 Å². The van der Waals surface area contributed by atoms with Crippen LogP contribution in [-0.4, -0.2) is 17.0 Å². The van der Waals surface area contributed by atoms with E-state index in [2.05, 4.69) is 5.32 Å². The number of aliphatic carboxylic acids is 1. The zero-order valence-electron chi connectivity index (χ0n) is 11.4. The molecule has 0 saturated heterocycles. The van der Waals surface area contributed by atoms with Crippen molar-refractivity contribution in [3.63, 3.8) is 0 Å². The fourth-order valence-corrected chi connectivity index (χ4v) is 1.96. The predicted octanol–water partition coefficient (Wildman–Crippen LogP) is 3.01. The van der Waals surface area contributed by atoms with Gasteiger partial charge < -0.3 is 10.4 Å². The molecule has 0 aromatic heterocycles. The van der Waals surface area contributed by atoms with Gasteiger partial charge >= 0.3 is 5.97 Å². The Morgan fingerprint density at radius 2 is 1.90 bits per heavy atom. The first-order valence-corrected chi connectivity index (χ1v) is 6.34. The maximum Gasteiger partial charge on any atom is 0.307 e. The summed E-state index contributed by atoms with van der Waals surface area (Å²) in [6.07, 6.45) is -0.216.